The van der Waals surface area contributed by atoms with E-state index in [0.29, 0.717) is 12.3 Å². The van der Waals surface area contributed by atoms with Crippen LogP contribution in [0.15, 0.2) is 0 Å². The molecule has 0 aliphatic carbocycles. The van der Waals surface area contributed by atoms with Crippen LogP contribution in [0.4, 0.5) is 0 Å². The van der Waals surface area contributed by atoms with Crippen LogP contribution < -0.4 is 5.73 Å². The molecule has 0 bridgehead atoms. The van der Waals surface area contributed by atoms with E-state index in [2.05, 4.69) is 23.5 Å². The largest absolute Gasteiger partial charge is 0.469 e. The van der Waals surface area contributed by atoms with E-state index in [1.54, 1.807) is 0 Å². The molecule has 96 valence electrons. The average molecular weight is 230 g/mol. The van der Waals surface area contributed by atoms with E-state index >= 15 is 0 Å². The molecule has 0 aromatic carbocycles. The molecule has 0 aliphatic rings. The van der Waals surface area contributed by atoms with Crippen molar-refractivity contribution in [1.82, 2.24) is 4.90 Å². The van der Waals surface area contributed by atoms with Gasteiger partial charge in [-0.1, -0.05) is 13.8 Å². The molecule has 0 rings (SSSR count). The maximum absolute atomic E-state index is 11.1. The Bertz CT molecular complexity index is 207. The minimum absolute atomic E-state index is 0.160. The first-order valence-corrected chi connectivity index (χ1v) is 5.91. The Hall–Kier alpha value is -0.610. The molecule has 16 heavy (non-hydrogen) atoms. The van der Waals surface area contributed by atoms with Crippen molar-refractivity contribution in [3.05, 3.63) is 0 Å². The summed E-state index contributed by atoms with van der Waals surface area (Å²) in [6.07, 6.45) is 1.39. The summed E-state index contributed by atoms with van der Waals surface area (Å²) in [4.78, 5) is 13.3. The van der Waals surface area contributed by atoms with Gasteiger partial charge in [-0.15, -0.1) is 0 Å². The maximum Gasteiger partial charge on any atom is 0.307 e. The summed E-state index contributed by atoms with van der Waals surface area (Å²) < 4.78 is 4.64. The second-order valence-electron chi connectivity index (χ2n) is 4.81. The number of carbonyl (C=O) groups is 1. The van der Waals surface area contributed by atoms with Gasteiger partial charge in [-0.05, 0) is 32.9 Å². The molecule has 2 atom stereocenters. The SMILES string of the molecule is COC(=O)CC(C)N(C)CCC(N)C(C)C. The van der Waals surface area contributed by atoms with Crippen molar-refractivity contribution in [3.63, 3.8) is 0 Å². The fourth-order valence-electron chi connectivity index (χ4n) is 1.39. The molecule has 2 N–H and O–H groups in total. The smallest absolute Gasteiger partial charge is 0.307 e. The summed E-state index contributed by atoms with van der Waals surface area (Å²) in [7, 11) is 3.43. The van der Waals surface area contributed by atoms with Gasteiger partial charge in [0, 0.05) is 12.1 Å². The first-order chi connectivity index (χ1) is 7.38. The second-order valence-corrected chi connectivity index (χ2v) is 4.81. The van der Waals surface area contributed by atoms with Crippen LogP contribution in [0, 0.1) is 5.92 Å². The van der Waals surface area contributed by atoms with E-state index in [1.807, 2.05) is 14.0 Å². The van der Waals surface area contributed by atoms with Gasteiger partial charge in [0.2, 0.25) is 0 Å². The van der Waals surface area contributed by atoms with Crippen LogP contribution in [-0.4, -0.2) is 43.7 Å². The van der Waals surface area contributed by atoms with Crippen molar-refractivity contribution in [2.45, 2.75) is 45.7 Å². The number of hydrogen-bond acceptors (Lipinski definition) is 4. The molecule has 0 spiro atoms. The molecule has 0 saturated heterocycles. The molecule has 0 radical (unpaired) electrons. The minimum atomic E-state index is -0.160. The van der Waals surface area contributed by atoms with Gasteiger partial charge in [0.15, 0.2) is 0 Å². The monoisotopic (exact) mass is 230 g/mol. The van der Waals surface area contributed by atoms with E-state index in [0.717, 1.165) is 13.0 Å². The molecule has 0 saturated carbocycles. The van der Waals surface area contributed by atoms with Crippen LogP contribution in [0.3, 0.4) is 0 Å². The number of carbonyl (C=O) groups excluding carboxylic acids is 1. The Morgan fingerprint density at radius 2 is 1.94 bits per heavy atom. The number of rotatable bonds is 7. The third kappa shape index (κ3) is 6.08. The Morgan fingerprint density at radius 1 is 1.38 bits per heavy atom. The number of ether oxygens (including phenoxy) is 1. The van der Waals surface area contributed by atoms with Gasteiger partial charge in [0.25, 0.3) is 0 Å². The zero-order chi connectivity index (χ0) is 12.7. The Labute approximate surface area is 99.1 Å². The lowest BCUT2D eigenvalue weighted by Crippen LogP contribution is -2.36. The lowest BCUT2D eigenvalue weighted by molar-refractivity contribution is -0.141. The third-order valence-corrected chi connectivity index (χ3v) is 3.11. The van der Waals surface area contributed by atoms with Crippen LogP contribution >= 0.6 is 0 Å². The van der Waals surface area contributed by atoms with Gasteiger partial charge in [0.05, 0.1) is 13.5 Å². The van der Waals surface area contributed by atoms with Gasteiger partial charge in [-0.3, -0.25) is 4.79 Å². The Balaban J connectivity index is 3.87. The zero-order valence-corrected chi connectivity index (χ0v) is 11.2. The Morgan fingerprint density at radius 3 is 2.38 bits per heavy atom. The summed E-state index contributed by atoms with van der Waals surface area (Å²) in [6.45, 7) is 7.19. The van der Waals surface area contributed by atoms with Crippen LogP contribution in [0.5, 0.6) is 0 Å². The van der Waals surface area contributed by atoms with Crippen molar-refractivity contribution in [2.24, 2.45) is 11.7 Å². The van der Waals surface area contributed by atoms with E-state index in [4.69, 9.17) is 5.73 Å². The van der Waals surface area contributed by atoms with Crippen LogP contribution in [0.1, 0.15) is 33.6 Å². The molecule has 0 fully saturated rings. The first-order valence-electron chi connectivity index (χ1n) is 5.91. The van der Waals surface area contributed by atoms with Crippen molar-refractivity contribution in [3.8, 4) is 0 Å². The molecule has 2 unspecified atom stereocenters. The van der Waals surface area contributed by atoms with Crippen LogP contribution in [0.2, 0.25) is 0 Å². The summed E-state index contributed by atoms with van der Waals surface area (Å²) in [5, 5.41) is 0. The van der Waals surface area contributed by atoms with E-state index in [-0.39, 0.29) is 18.1 Å². The van der Waals surface area contributed by atoms with Crippen molar-refractivity contribution >= 4 is 5.97 Å². The molecule has 0 aromatic heterocycles. The van der Waals surface area contributed by atoms with Gasteiger partial charge in [-0.2, -0.15) is 0 Å². The van der Waals surface area contributed by atoms with Gasteiger partial charge in [-0.25, -0.2) is 0 Å². The number of hydrogen-bond donors (Lipinski definition) is 1. The highest BCUT2D eigenvalue weighted by Gasteiger charge is 2.15. The molecule has 0 aliphatic heterocycles. The summed E-state index contributed by atoms with van der Waals surface area (Å²) in [5.41, 5.74) is 5.97. The molecule has 0 heterocycles. The van der Waals surface area contributed by atoms with Crippen molar-refractivity contribution < 1.29 is 9.53 Å². The normalized spacial score (nSPS) is 15.2. The topological polar surface area (TPSA) is 55.6 Å². The summed E-state index contributed by atoms with van der Waals surface area (Å²) >= 11 is 0. The number of nitrogens with zero attached hydrogens (tertiary/aromatic N) is 1. The summed E-state index contributed by atoms with van der Waals surface area (Å²) in [5.74, 6) is 0.344. The lowest BCUT2D eigenvalue weighted by Gasteiger charge is -2.26. The first kappa shape index (κ1) is 15.4. The number of nitrogens with two attached hydrogens (primary N) is 1. The van der Waals surface area contributed by atoms with Gasteiger partial charge in [0.1, 0.15) is 0 Å². The van der Waals surface area contributed by atoms with Crippen molar-refractivity contribution in [2.75, 3.05) is 20.7 Å². The predicted octanol–water partition coefficient (Wildman–Crippen LogP) is 1.24. The van der Waals surface area contributed by atoms with E-state index < -0.39 is 0 Å². The molecule has 0 amide bonds. The second kappa shape index (κ2) is 7.63. The Kier molecular flexibility index (Phi) is 7.34. The lowest BCUT2D eigenvalue weighted by atomic mass is 10.0. The molecule has 4 heteroatoms. The zero-order valence-electron chi connectivity index (χ0n) is 11.2. The van der Waals surface area contributed by atoms with Crippen LogP contribution in [-0.2, 0) is 9.53 Å². The fourth-order valence-corrected chi connectivity index (χ4v) is 1.39. The van der Waals surface area contributed by atoms with Gasteiger partial charge < -0.3 is 15.4 Å². The molecule has 0 aromatic rings. The number of esters is 1. The average Bonchev–Trinajstić information content (AvgIpc) is 2.24. The number of methoxy groups -OCH3 is 1. The quantitative estimate of drug-likeness (QED) is 0.669. The summed E-state index contributed by atoms with van der Waals surface area (Å²) in [6, 6.07) is 0.430. The minimum Gasteiger partial charge on any atom is -0.469 e. The fraction of sp³-hybridized carbons (Fsp3) is 0.917. The molecular formula is C12H26N2O2. The van der Waals surface area contributed by atoms with E-state index in [1.165, 1.54) is 7.11 Å². The molecular weight excluding hydrogens is 204 g/mol. The standard InChI is InChI=1S/C12H26N2O2/c1-9(2)11(13)6-7-14(4)10(3)8-12(15)16-5/h9-11H,6-8,13H2,1-5H3. The highest BCUT2D eigenvalue weighted by molar-refractivity contribution is 5.69. The third-order valence-electron chi connectivity index (χ3n) is 3.11. The maximum atomic E-state index is 11.1. The van der Waals surface area contributed by atoms with Crippen molar-refractivity contribution in [1.29, 1.82) is 0 Å². The molecule has 4 nitrogen and oxygen atoms in total. The highest BCUT2D eigenvalue weighted by Crippen LogP contribution is 2.07. The van der Waals surface area contributed by atoms with Gasteiger partial charge >= 0.3 is 5.97 Å². The van der Waals surface area contributed by atoms with E-state index in [9.17, 15) is 4.79 Å². The highest BCUT2D eigenvalue weighted by atomic mass is 16.5. The van der Waals surface area contributed by atoms with Crippen LogP contribution in [0.25, 0.3) is 0 Å². The predicted molar refractivity (Wildman–Crippen MR) is 66.2 cm³/mol.